The largest absolute Gasteiger partial charge is 0.494 e. The predicted octanol–water partition coefficient (Wildman–Crippen LogP) is 1.91. The molecule has 0 atom stereocenters. The summed E-state index contributed by atoms with van der Waals surface area (Å²) in [7, 11) is 0. The first-order valence-corrected chi connectivity index (χ1v) is 5.92. The summed E-state index contributed by atoms with van der Waals surface area (Å²) in [5.74, 6) is 0.729. The van der Waals surface area contributed by atoms with Crippen LogP contribution in [0, 0.1) is 0 Å². The van der Waals surface area contributed by atoms with Crippen LogP contribution in [0.2, 0.25) is 0 Å². The number of aromatic nitrogens is 2. The van der Waals surface area contributed by atoms with Crippen LogP contribution in [-0.4, -0.2) is 21.9 Å². The fraction of sp³-hybridized carbons (Fsp3) is 0.308. The van der Waals surface area contributed by atoms with Gasteiger partial charge in [-0.3, -0.25) is 5.10 Å². The zero-order valence-electron chi connectivity index (χ0n) is 10.3. The minimum absolute atomic E-state index is 0.0328. The third kappa shape index (κ3) is 3.01. The monoisotopic (exact) mass is 247 g/mol. The number of ether oxygens (including phenoxy) is 1. The van der Waals surface area contributed by atoms with E-state index in [9.17, 15) is 5.11 Å². The van der Waals surface area contributed by atoms with E-state index >= 15 is 0 Å². The predicted molar refractivity (Wildman–Crippen MR) is 69.4 cm³/mol. The number of aliphatic hydroxyl groups is 1. The molecule has 3 N–H and O–H groups in total. The van der Waals surface area contributed by atoms with E-state index in [4.69, 9.17) is 4.74 Å². The lowest BCUT2D eigenvalue weighted by Crippen LogP contribution is -2.02. The van der Waals surface area contributed by atoms with Crippen molar-refractivity contribution in [1.82, 2.24) is 10.2 Å². The van der Waals surface area contributed by atoms with Crippen LogP contribution in [0.1, 0.15) is 18.2 Å². The van der Waals surface area contributed by atoms with E-state index in [1.807, 2.05) is 31.2 Å². The summed E-state index contributed by atoms with van der Waals surface area (Å²) in [6.45, 7) is 3.15. The minimum atomic E-state index is -0.0328. The second-order valence-corrected chi connectivity index (χ2v) is 3.85. The van der Waals surface area contributed by atoms with Crippen LogP contribution in [0.15, 0.2) is 30.5 Å². The summed E-state index contributed by atoms with van der Waals surface area (Å²) >= 11 is 0. The van der Waals surface area contributed by atoms with Crippen molar-refractivity contribution < 1.29 is 9.84 Å². The second kappa shape index (κ2) is 6.07. The first-order chi connectivity index (χ1) is 8.83. The number of hydrogen-bond acceptors (Lipinski definition) is 4. The Labute approximate surface area is 106 Å². The van der Waals surface area contributed by atoms with Gasteiger partial charge in [-0.25, -0.2) is 0 Å². The van der Waals surface area contributed by atoms with Gasteiger partial charge >= 0.3 is 0 Å². The molecule has 0 radical (unpaired) electrons. The summed E-state index contributed by atoms with van der Waals surface area (Å²) < 4.78 is 5.43. The zero-order valence-corrected chi connectivity index (χ0v) is 10.3. The molecule has 0 spiro atoms. The van der Waals surface area contributed by atoms with Gasteiger partial charge in [-0.15, -0.1) is 0 Å². The Morgan fingerprint density at radius 2 is 2.28 bits per heavy atom. The highest BCUT2D eigenvalue weighted by atomic mass is 16.5. The van der Waals surface area contributed by atoms with Crippen LogP contribution >= 0.6 is 0 Å². The molecule has 1 aromatic carbocycles. The average molecular weight is 247 g/mol. The lowest BCUT2D eigenvalue weighted by atomic mass is 10.2. The molecule has 1 aromatic heterocycles. The highest BCUT2D eigenvalue weighted by Gasteiger charge is 2.04. The molecule has 0 aliphatic rings. The maximum Gasteiger partial charge on any atom is 0.124 e. The zero-order chi connectivity index (χ0) is 12.8. The number of hydrogen-bond donors (Lipinski definition) is 3. The molecule has 0 saturated heterocycles. The van der Waals surface area contributed by atoms with Crippen molar-refractivity contribution in [3.05, 3.63) is 41.7 Å². The molecule has 0 amide bonds. The van der Waals surface area contributed by atoms with Gasteiger partial charge < -0.3 is 15.2 Å². The van der Waals surface area contributed by atoms with Gasteiger partial charge in [0.25, 0.3) is 0 Å². The van der Waals surface area contributed by atoms with E-state index < -0.39 is 0 Å². The van der Waals surface area contributed by atoms with Crippen molar-refractivity contribution in [1.29, 1.82) is 0 Å². The first kappa shape index (κ1) is 12.4. The van der Waals surface area contributed by atoms with Gasteiger partial charge in [0.1, 0.15) is 5.75 Å². The number of aliphatic hydroxyl groups excluding tert-OH is 1. The molecule has 2 aromatic rings. The molecule has 18 heavy (non-hydrogen) atoms. The number of nitrogens with zero attached hydrogens (tertiary/aromatic N) is 1. The molecule has 0 saturated carbocycles. The molecule has 0 unspecified atom stereocenters. The number of nitrogens with one attached hydrogen (secondary N) is 2. The van der Waals surface area contributed by atoms with Crippen LogP contribution in [0.25, 0.3) is 0 Å². The average Bonchev–Trinajstić information content (AvgIpc) is 2.91. The topological polar surface area (TPSA) is 70.2 Å². The maximum absolute atomic E-state index is 9.30. The van der Waals surface area contributed by atoms with E-state index in [1.54, 1.807) is 6.20 Å². The van der Waals surface area contributed by atoms with Crippen molar-refractivity contribution in [3.8, 4) is 5.75 Å². The summed E-state index contributed by atoms with van der Waals surface area (Å²) in [4.78, 5) is 0. The van der Waals surface area contributed by atoms with Crippen molar-refractivity contribution in [3.63, 3.8) is 0 Å². The smallest absolute Gasteiger partial charge is 0.124 e. The van der Waals surface area contributed by atoms with Gasteiger partial charge in [-0.1, -0.05) is 0 Å². The molecule has 0 bridgehead atoms. The molecule has 0 aliphatic heterocycles. The Morgan fingerprint density at radius 3 is 2.94 bits per heavy atom. The molecule has 0 fully saturated rings. The molecule has 5 nitrogen and oxygen atoms in total. The molecule has 2 rings (SSSR count). The SMILES string of the molecule is CCOc1ccc(NCc2ccn[nH]2)cc1CO. The Balaban J connectivity index is 2.05. The van der Waals surface area contributed by atoms with E-state index in [0.717, 1.165) is 22.7 Å². The molecule has 96 valence electrons. The second-order valence-electron chi connectivity index (χ2n) is 3.85. The van der Waals surface area contributed by atoms with Gasteiger partial charge in [0.2, 0.25) is 0 Å². The quantitative estimate of drug-likeness (QED) is 0.729. The highest BCUT2D eigenvalue weighted by molar-refractivity contribution is 5.51. The number of benzene rings is 1. The minimum Gasteiger partial charge on any atom is -0.494 e. The van der Waals surface area contributed by atoms with Gasteiger partial charge in [0.05, 0.1) is 25.5 Å². The van der Waals surface area contributed by atoms with Crippen LogP contribution in [0.4, 0.5) is 5.69 Å². The van der Waals surface area contributed by atoms with E-state index in [-0.39, 0.29) is 6.61 Å². The van der Waals surface area contributed by atoms with E-state index in [0.29, 0.717) is 13.2 Å². The summed E-state index contributed by atoms with van der Waals surface area (Å²) in [6, 6.07) is 7.60. The highest BCUT2D eigenvalue weighted by Crippen LogP contribution is 2.23. The lowest BCUT2D eigenvalue weighted by molar-refractivity contribution is 0.267. The third-order valence-electron chi connectivity index (χ3n) is 2.57. The molecule has 1 heterocycles. The van der Waals surface area contributed by atoms with Crippen LogP contribution in [0.3, 0.4) is 0 Å². The van der Waals surface area contributed by atoms with Crippen molar-refractivity contribution in [2.75, 3.05) is 11.9 Å². The molecular formula is C13H17N3O2. The molecule has 5 heteroatoms. The Hall–Kier alpha value is -2.01. The normalized spacial score (nSPS) is 10.3. The summed E-state index contributed by atoms with van der Waals surface area (Å²) in [5, 5.41) is 19.3. The molecule has 0 aliphatic carbocycles. The Morgan fingerprint density at radius 1 is 1.39 bits per heavy atom. The fourth-order valence-corrected chi connectivity index (χ4v) is 1.69. The Bertz CT molecular complexity index is 483. The number of rotatable bonds is 6. The first-order valence-electron chi connectivity index (χ1n) is 5.92. The molecular weight excluding hydrogens is 230 g/mol. The van der Waals surface area contributed by atoms with Crippen molar-refractivity contribution in [2.45, 2.75) is 20.1 Å². The van der Waals surface area contributed by atoms with Crippen molar-refractivity contribution >= 4 is 5.69 Å². The van der Waals surface area contributed by atoms with Crippen LogP contribution in [0.5, 0.6) is 5.75 Å². The maximum atomic E-state index is 9.30. The standard InChI is InChI=1S/C13H17N3O2/c1-2-18-13-4-3-11(7-10(13)9-17)14-8-12-5-6-15-16-12/h3-7,14,17H,2,8-9H2,1H3,(H,15,16). The fourth-order valence-electron chi connectivity index (χ4n) is 1.69. The lowest BCUT2D eigenvalue weighted by Gasteiger charge is -2.11. The summed E-state index contributed by atoms with van der Waals surface area (Å²) in [5.41, 5.74) is 2.73. The summed E-state index contributed by atoms with van der Waals surface area (Å²) in [6.07, 6.45) is 1.72. The number of aromatic amines is 1. The van der Waals surface area contributed by atoms with Gasteiger partial charge in [-0.2, -0.15) is 5.10 Å². The van der Waals surface area contributed by atoms with Crippen molar-refractivity contribution in [2.24, 2.45) is 0 Å². The Kier molecular flexibility index (Phi) is 4.20. The van der Waals surface area contributed by atoms with Gasteiger partial charge in [-0.05, 0) is 31.2 Å². The van der Waals surface area contributed by atoms with Gasteiger partial charge in [0.15, 0.2) is 0 Å². The van der Waals surface area contributed by atoms with E-state index in [2.05, 4.69) is 15.5 Å². The van der Waals surface area contributed by atoms with Gasteiger partial charge in [0, 0.05) is 17.4 Å². The number of H-pyrrole nitrogens is 1. The van der Waals surface area contributed by atoms with Crippen LogP contribution < -0.4 is 10.1 Å². The van der Waals surface area contributed by atoms with E-state index in [1.165, 1.54) is 0 Å². The third-order valence-corrected chi connectivity index (χ3v) is 2.57. The number of anilines is 1. The van der Waals surface area contributed by atoms with Crippen LogP contribution in [-0.2, 0) is 13.2 Å².